The van der Waals surface area contributed by atoms with E-state index in [1.807, 2.05) is 0 Å². The first-order chi connectivity index (χ1) is 7.49. The van der Waals surface area contributed by atoms with E-state index in [1.165, 1.54) is 5.57 Å². The molecule has 17 heavy (non-hydrogen) atoms. The molecular weight excluding hydrogens is 212 g/mol. The van der Waals surface area contributed by atoms with Crippen LogP contribution in [0.15, 0.2) is 11.6 Å². The monoisotopic (exact) mass is 240 g/mol. The lowest BCUT2D eigenvalue weighted by Gasteiger charge is -2.33. The maximum absolute atomic E-state index is 11.2. The molecule has 0 radical (unpaired) electrons. The standard InChI is InChI=1S/C15H28O2/c1-11(2)8-9-12(3)14(4,5)10-15(6,7)13(16)17/h9,11H,8,10H2,1-7H3,(H,16,17)/b12-9-. The summed E-state index contributed by atoms with van der Waals surface area (Å²) in [6.07, 6.45) is 3.97. The summed E-state index contributed by atoms with van der Waals surface area (Å²) in [5.74, 6) is -0.0736. The van der Waals surface area contributed by atoms with Gasteiger partial charge < -0.3 is 5.11 Å². The van der Waals surface area contributed by atoms with Gasteiger partial charge in [-0.15, -0.1) is 0 Å². The largest absolute Gasteiger partial charge is 0.481 e. The minimum Gasteiger partial charge on any atom is -0.481 e. The van der Waals surface area contributed by atoms with Crippen LogP contribution in [0.4, 0.5) is 0 Å². The van der Waals surface area contributed by atoms with Gasteiger partial charge in [0, 0.05) is 0 Å². The molecule has 0 bridgehead atoms. The molecule has 0 aromatic carbocycles. The third-order valence-corrected chi connectivity index (χ3v) is 3.43. The second-order valence-corrected chi connectivity index (χ2v) is 6.77. The number of aliphatic carboxylic acids is 1. The summed E-state index contributed by atoms with van der Waals surface area (Å²) in [7, 11) is 0. The Morgan fingerprint density at radius 3 is 2.00 bits per heavy atom. The number of carboxylic acid groups (broad SMARTS) is 1. The number of hydrogen-bond donors (Lipinski definition) is 1. The van der Waals surface area contributed by atoms with Gasteiger partial charge in [0.25, 0.3) is 0 Å². The average Bonchev–Trinajstić information content (AvgIpc) is 2.11. The fourth-order valence-corrected chi connectivity index (χ4v) is 2.01. The van der Waals surface area contributed by atoms with Crippen LogP contribution in [0, 0.1) is 16.7 Å². The molecular formula is C15H28O2. The molecule has 0 fully saturated rings. The predicted molar refractivity (Wildman–Crippen MR) is 73.0 cm³/mol. The summed E-state index contributed by atoms with van der Waals surface area (Å²) in [6, 6.07) is 0. The molecule has 0 aromatic rings. The maximum atomic E-state index is 11.2. The Morgan fingerprint density at radius 2 is 1.65 bits per heavy atom. The zero-order valence-corrected chi connectivity index (χ0v) is 12.4. The van der Waals surface area contributed by atoms with Crippen molar-refractivity contribution in [2.45, 2.75) is 61.3 Å². The van der Waals surface area contributed by atoms with E-state index in [9.17, 15) is 9.90 Å². The molecule has 0 unspecified atom stereocenters. The minimum absolute atomic E-state index is 0.0587. The van der Waals surface area contributed by atoms with Crippen LogP contribution in [0.25, 0.3) is 0 Å². The van der Waals surface area contributed by atoms with E-state index < -0.39 is 11.4 Å². The van der Waals surface area contributed by atoms with Crippen LogP contribution >= 0.6 is 0 Å². The summed E-state index contributed by atoms with van der Waals surface area (Å²) >= 11 is 0. The van der Waals surface area contributed by atoms with Crippen molar-refractivity contribution in [1.29, 1.82) is 0 Å². The molecule has 0 saturated carbocycles. The molecule has 2 heteroatoms. The Labute approximate surface area is 106 Å². The van der Waals surface area contributed by atoms with Crippen molar-refractivity contribution in [3.8, 4) is 0 Å². The van der Waals surface area contributed by atoms with Crippen molar-refractivity contribution in [2.24, 2.45) is 16.7 Å². The van der Waals surface area contributed by atoms with Crippen LogP contribution in [0.1, 0.15) is 61.3 Å². The molecule has 2 nitrogen and oxygen atoms in total. The molecule has 0 aliphatic carbocycles. The van der Waals surface area contributed by atoms with E-state index in [4.69, 9.17) is 0 Å². The van der Waals surface area contributed by atoms with Gasteiger partial charge in [0.2, 0.25) is 0 Å². The summed E-state index contributed by atoms with van der Waals surface area (Å²) in [4.78, 5) is 11.2. The SMILES string of the molecule is C/C(=C/CC(C)C)C(C)(C)CC(C)(C)C(=O)O. The molecule has 0 aliphatic rings. The lowest BCUT2D eigenvalue weighted by molar-refractivity contribution is -0.148. The minimum atomic E-state index is -0.720. The van der Waals surface area contributed by atoms with Crippen molar-refractivity contribution in [3.63, 3.8) is 0 Å². The van der Waals surface area contributed by atoms with Gasteiger partial charge in [0.15, 0.2) is 0 Å². The van der Waals surface area contributed by atoms with Crippen LogP contribution in [0.3, 0.4) is 0 Å². The molecule has 0 spiro atoms. The topological polar surface area (TPSA) is 37.3 Å². The highest BCUT2D eigenvalue weighted by molar-refractivity contribution is 5.73. The highest BCUT2D eigenvalue weighted by Gasteiger charge is 2.35. The molecule has 1 N–H and O–H groups in total. The molecule has 0 saturated heterocycles. The van der Waals surface area contributed by atoms with E-state index >= 15 is 0 Å². The first-order valence-corrected chi connectivity index (χ1v) is 6.39. The highest BCUT2D eigenvalue weighted by atomic mass is 16.4. The second kappa shape index (κ2) is 5.70. The van der Waals surface area contributed by atoms with Gasteiger partial charge in [-0.25, -0.2) is 0 Å². The Kier molecular flexibility index (Phi) is 5.44. The first-order valence-electron chi connectivity index (χ1n) is 6.39. The highest BCUT2D eigenvalue weighted by Crippen LogP contribution is 2.39. The lowest BCUT2D eigenvalue weighted by atomic mass is 9.71. The van der Waals surface area contributed by atoms with Gasteiger partial charge in [0.05, 0.1) is 5.41 Å². The smallest absolute Gasteiger partial charge is 0.309 e. The Balaban J connectivity index is 4.78. The van der Waals surface area contributed by atoms with Crippen molar-refractivity contribution < 1.29 is 9.90 Å². The van der Waals surface area contributed by atoms with E-state index in [-0.39, 0.29) is 5.41 Å². The number of carbonyl (C=O) groups is 1. The third kappa shape index (κ3) is 5.38. The molecule has 0 aromatic heterocycles. The number of hydrogen-bond acceptors (Lipinski definition) is 1. The predicted octanol–water partition coefficient (Wildman–Crippen LogP) is 4.51. The molecule has 0 rings (SSSR count). The summed E-state index contributed by atoms with van der Waals surface area (Å²) in [6.45, 7) is 14.4. The normalized spacial score (nSPS) is 14.2. The number of rotatable bonds is 6. The van der Waals surface area contributed by atoms with Gasteiger partial charge in [-0.3, -0.25) is 4.79 Å². The summed E-state index contributed by atoms with van der Waals surface area (Å²) in [5.41, 5.74) is 0.563. The van der Waals surface area contributed by atoms with Gasteiger partial charge in [-0.1, -0.05) is 39.3 Å². The number of allylic oxidation sites excluding steroid dienone is 2. The summed E-state index contributed by atoms with van der Waals surface area (Å²) in [5, 5.41) is 9.19. The van der Waals surface area contributed by atoms with Gasteiger partial charge in [-0.05, 0) is 44.9 Å². The lowest BCUT2D eigenvalue weighted by Crippen LogP contribution is -2.31. The molecule has 100 valence electrons. The van der Waals surface area contributed by atoms with Gasteiger partial charge in [0.1, 0.15) is 0 Å². The molecule has 0 aliphatic heterocycles. The molecule has 0 atom stereocenters. The fraction of sp³-hybridized carbons (Fsp3) is 0.800. The van der Waals surface area contributed by atoms with Crippen LogP contribution in [0.5, 0.6) is 0 Å². The zero-order chi connectivity index (χ0) is 13.9. The quantitative estimate of drug-likeness (QED) is 0.694. The van der Waals surface area contributed by atoms with Crippen molar-refractivity contribution in [3.05, 3.63) is 11.6 Å². The van der Waals surface area contributed by atoms with E-state index in [1.54, 1.807) is 13.8 Å². The second-order valence-electron chi connectivity index (χ2n) is 6.77. The number of carboxylic acids is 1. The summed E-state index contributed by atoms with van der Waals surface area (Å²) < 4.78 is 0. The van der Waals surface area contributed by atoms with Gasteiger partial charge >= 0.3 is 5.97 Å². The van der Waals surface area contributed by atoms with Crippen LogP contribution in [-0.2, 0) is 4.79 Å². The maximum Gasteiger partial charge on any atom is 0.309 e. The van der Waals surface area contributed by atoms with Crippen molar-refractivity contribution in [2.75, 3.05) is 0 Å². The van der Waals surface area contributed by atoms with Crippen molar-refractivity contribution >= 4 is 5.97 Å². The van der Waals surface area contributed by atoms with Crippen molar-refractivity contribution in [1.82, 2.24) is 0 Å². The molecule has 0 amide bonds. The van der Waals surface area contributed by atoms with Crippen LogP contribution in [0.2, 0.25) is 0 Å². The van der Waals surface area contributed by atoms with E-state index in [2.05, 4.69) is 40.7 Å². The Bertz CT molecular complexity index is 296. The zero-order valence-electron chi connectivity index (χ0n) is 12.4. The van der Waals surface area contributed by atoms with E-state index in [0.29, 0.717) is 12.3 Å². The fourth-order valence-electron chi connectivity index (χ4n) is 2.01. The average molecular weight is 240 g/mol. The Morgan fingerprint density at radius 1 is 1.18 bits per heavy atom. The van der Waals surface area contributed by atoms with Crippen LogP contribution < -0.4 is 0 Å². The van der Waals surface area contributed by atoms with E-state index in [0.717, 1.165) is 6.42 Å². The van der Waals surface area contributed by atoms with Crippen LogP contribution in [-0.4, -0.2) is 11.1 Å². The molecule has 0 heterocycles. The Hall–Kier alpha value is -0.790. The first kappa shape index (κ1) is 16.2. The van der Waals surface area contributed by atoms with Gasteiger partial charge in [-0.2, -0.15) is 0 Å². The third-order valence-electron chi connectivity index (χ3n) is 3.43.